The maximum Gasteiger partial charge on any atom is 0.292 e. The summed E-state index contributed by atoms with van der Waals surface area (Å²) >= 11 is 0. The van der Waals surface area contributed by atoms with Crippen molar-refractivity contribution < 1.29 is 4.92 Å². The van der Waals surface area contributed by atoms with Gasteiger partial charge in [0.05, 0.1) is 4.92 Å². The van der Waals surface area contributed by atoms with E-state index in [9.17, 15) is 10.1 Å². The molecule has 1 atom stereocenters. The van der Waals surface area contributed by atoms with E-state index in [1.165, 1.54) is 0 Å². The number of anilines is 1. The SMILES string of the molecule is CCC(c1ccccc1)c1ccc(N)c([N+](=O)[O-])c1. The summed E-state index contributed by atoms with van der Waals surface area (Å²) in [5, 5.41) is 10.9. The first-order valence-corrected chi connectivity index (χ1v) is 6.22. The lowest BCUT2D eigenvalue weighted by Gasteiger charge is -2.16. The first kappa shape index (κ1) is 13.1. The Labute approximate surface area is 112 Å². The molecule has 4 nitrogen and oxygen atoms in total. The predicted octanol–water partition coefficient (Wildman–Crippen LogP) is 3.72. The third kappa shape index (κ3) is 2.73. The van der Waals surface area contributed by atoms with Crippen LogP contribution in [0.4, 0.5) is 11.4 Å². The molecule has 0 aliphatic carbocycles. The summed E-state index contributed by atoms with van der Waals surface area (Å²) in [5.41, 5.74) is 7.89. The average Bonchev–Trinajstić information content (AvgIpc) is 2.42. The fourth-order valence-electron chi connectivity index (χ4n) is 2.28. The van der Waals surface area contributed by atoms with E-state index in [2.05, 4.69) is 6.92 Å². The highest BCUT2D eigenvalue weighted by atomic mass is 16.6. The lowest BCUT2D eigenvalue weighted by molar-refractivity contribution is -0.384. The fraction of sp³-hybridized carbons (Fsp3) is 0.200. The van der Waals surface area contributed by atoms with Gasteiger partial charge in [-0.3, -0.25) is 10.1 Å². The number of nitrogen functional groups attached to an aromatic ring is 1. The van der Waals surface area contributed by atoms with Gasteiger partial charge in [0.25, 0.3) is 5.69 Å². The van der Waals surface area contributed by atoms with Crippen LogP contribution in [0.1, 0.15) is 30.4 Å². The van der Waals surface area contributed by atoms with Crippen molar-refractivity contribution in [3.8, 4) is 0 Å². The molecule has 4 heteroatoms. The average molecular weight is 256 g/mol. The normalized spacial score (nSPS) is 12.1. The molecule has 0 heterocycles. The number of rotatable bonds is 4. The molecule has 2 N–H and O–H groups in total. The van der Waals surface area contributed by atoms with Gasteiger partial charge < -0.3 is 5.73 Å². The maximum absolute atomic E-state index is 10.9. The fourth-order valence-corrected chi connectivity index (χ4v) is 2.28. The zero-order valence-corrected chi connectivity index (χ0v) is 10.7. The van der Waals surface area contributed by atoms with Gasteiger partial charge in [0, 0.05) is 12.0 Å². The van der Waals surface area contributed by atoms with E-state index < -0.39 is 4.92 Å². The first-order chi connectivity index (χ1) is 9.13. The monoisotopic (exact) mass is 256 g/mol. The molecule has 2 aromatic carbocycles. The third-order valence-electron chi connectivity index (χ3n) is 3.26. The third-order valence-corrected chi connectivity index (χ3v) is 3.26. The Kier molecular flexibility index (Phi) is 3.80. The molecule has 0 spiro atoms. The molecule has 2 aromatic rings. The van der Waals surface area contributed by atoms with Crippen LogP contribution in [0.5, 0.6) is 0 Å². The lowest BCUT2D eigenvalue weighted by atomic mass is 9.89. The van der Waals surface area contributed by atoms with Gasteiger partial charge in [0.15, 0.2) is 0 Å². The minimum absolute atomic E-state index is 0.0214. The number of nitro benzene ring substituents is 1. The van der Waals surface area contributed by atoms with E-state index in [0.29, 0.717) is 0 Å². The summed E-state index contributed by atoms with van der Waals surface area (Å²) < 4.78 is 0. The summed E-state index contributed by atoms with van der Waals surface area (Å²) in [7, 11) is 0. The van der Waals surface area contributed by atoms with Crippen LogP contribution >= 0.6 is 0 Å². The van der Waals surface area contributed by atoms with Crippen molar-refractivity contribution >= 4 is 11.4 Å². The minimum Gasteiger partial charge on any atom is -0.393 e. The number of nitro groups is 1. The highest BCUT2D eigenvalue weighted by molar-refractivity contribution is 5.60. The number of hydrogen-bond acceptors (Lipinski definition) is 3. The van der Waals surface area contributed by atoms with Crippen LogP contribution in [-0.2, 0) is 0 Å². The molecule has 0 radical (unpaired) electrons. The highest BCUT2D eigenvalue weighted by Gasteiger charge is 2.17. The molecule has 0 fully saturated rings. The molecule has 0 aliphatic rings. The Morgan fingerprint density at radius 3 is 2.42 bits per heavy atom. The smallest absolute Gasteiger partial charge is 0.292 e. The molecular weight excluding hydrogens is 240 g/mol. The summed E-state index contributed by atoms with van der Waals surface area (Å²) in [6, 6.07) is 15.0. The highest BCUT2D eigenvalue weighted by Crippen LogP contribution is 2.32. The van der Waals surface area contributed by atoms with Gasteiger partial charge in [-0.15, -0.1) is 0 Å². The number of nitrogens with two attached hydrogens (primary N) is 1. The van der Waals surface area contributed by atoms with Gasteiger partial charge in [-0.05, 0) is 23.6 Å². The Hall–Kier alpha value is -2.36. The Morgan fingerprint density at radius 1 is 1.16 bits per heavy atom. The first-order valence-electron chi connectivity index (χ1n) is 6.22. The van der Waals surface area contributed by atoms with Crippen molar-refractivity contribution in [1.82, 2.24) is 0 Å². The predicted molar refractivity (Wildman–Crippen MR) is 76.1 cm³/mol. The second-order valence-electron chi connectivity index (χ2n) is 4.45. The van der Waals surface area contributed by atoms with Gasteiger partial charge in [-0.2, -0.15) is 0 Å². The van der Waals surface area contributed by atoms with Crippen LogP contribution in [0.25, 0.3) is 0 Å². The minimum atomic E-state index is -0.434. The van der Waals surface area contributed by atoms with Crippen LogP contribution in [0.15, 0.2) is 48.5 Å². The van der Waals surface area contributed by atoms with Crippen LogP contribution < -0.4 is 5.73 Å². The van der Waals surface area contributed by atoms with Gasteiger partial charge in [0.1, 0.15) is 5.69 Å². The topological polar surface area (TPSA) is 69.2 Å². The van der Waals surface area contributed by atoms with Crippen molar-refractivity contribution in [2.24, 2.45) is 0 Å². The summed E-state index contributed by atoms with van der Waals surface area (Å²) in [6.45, 7) is 2.07. The molecule has 2 rings (SSSR count). The van der Waals surface area contributed by atoms with Crippen LogP contribution in [0.3, 0.4) is 0 Å². The van der Waals surface area contributed by atoms with Crippen LogP contribution in [0, 0.1) is 10.1 Å². The Balaban J connectivity index is 2.45. The van der Waals surface area contributed by atoms with Crippen molar-refractivity contribution in [2.45, 2.75) is 19.3 Å². The van der Waals surface area contributed by atoms with Crippen LogP contribution in [-0.4, -0.2) is 4.92 Å². The van der Waals surface area contributed by atoms with E-state index in [1.807, 2.05) is 36.4 Å². The second kappa shape index (κ2) is 5.52. The number of hydrogen-bond donors (Lipinski definition) is 1. The maximum atomic E-state index is 10.9. The van der Waals surface area contributed by atoms with Gasteiger partial charge in [-0.25, -0.2) is 0 Å². The van der Waals surface area contributed by atoms with Gasteiger partial charge in [-0.1, -0.05) is 43.3 Å². The van der Waals surface area contributed by atoms with Crippen molar-refractivity contribution in [3.05, 3.63) is 69.8 Å². The standard InChI is InChI=1S/C15H16N2O2/c1-2-13(11-6-4-3-5-7-11)12-8-9-14(16)15(10-12)17(18)19/h3-10,13H,2,16H2,1H3. The van der Waals surface area contributed by atoms with Gasteiger partial charge >= 0.3 is 0 Å². The van der Waals surface area contributed by atoms with Crippen LogP contribution in [0.2, 0.25) is 0 Å². The molecule has 0 aliphatic heterocycles. The largest absolute Gasteiger partial charge is 0.393 e. The summed E-state index contributed by atoms with van der Waals surface area (Å²) in [4.78, 5) is 10.5. The van der Waals surface area contributed by atoms with E-state index >= 15 is 0 Å². The lowest BCUT2D eigenvalue weighted by Crippen LogP contribution is -2.02. The zero-order chi connectivity index (χ0) is 13.8. The van der Waals surface area contributed by atoms with E-state index in [1.54, 1.807) is 12.1 Å². The quantitative estimate of drug-likeness (QED) is 0.515. The molecule has 1 unspecified atom stereocenters. The number of nitrogens with zero attached hydrogens (tertiary/aromatic N) is 1. The van der Waals surface area contributed by atoms with Gasteiger partial charge in [0.2, 0.25) is 0 Å². The summed E-state index contributed by atoms with van der Waals surface area (Å²) in [5.74, 6) is 0.153. The molecule has 0 bridgehead atoms. The van der Waals surface area contributed by atoms with Crippen molar-refractivity contribution in [2.75, 3.05) is 5.73 Å². The van der Waals surface area contributed by atoms with E-state index in [4.69, 9.17) is 5.73 Å². The van der Waals surface area contributed by atoms with E-state index in [-0.39, 0.29) is 17.3 Å². The Morgan fingerprint density at radius 2 is 1.84 bits per heavy atom. The molecular formula is C15H16N2O2. The second-order valence-corrected chi connectivity index (χ2v) is 4.45. The molecule has 0 amide bonds. The molecule has 0 saturated heterocycles. The van der Waals surface area contributed by atoms with E-state index in [0.717, 1.165) is 17.5 Å². The summed E-state index contributed by atoms with van der Waals surface area (Å²) in [6.07, 6.45) is 0.880. The molecule has 98 valence electrons. The molecule has 0 saturated carbocycles. The Bertz CT molecular complexity index is 582. The number of benzene rings is 2. The zero-order valence-electron chi connectivity index (χ0n) is 10.7. The van der Waals surface area contributed by atoms with Crippen molar-refractivity contribution in [3.63, 3.8) is 0 Å². The molecule has 19 heavy (non-hydrogen) atoms. The molecule has 0 aromatic heterocycles. The van der Waals surface area contributed by atoms with Crippen molar-refractivity contribution in [1.29, 1.82) is 0 Å².